The van der Waals surface area contributed by atoms with E-state index in [4.69, 9.17) is 4.42 Å². The van der Waals surface area contributed by atoms with Crippen LogP contribution in [-0.4, -0.2) is 15.5 Å². The summed E-state index contributed by atoms with van der Waals surface area (Å²) in [7, 11) is 0. The van der Waals surface area contributed by atoms with Crippen LogP contribution >= 0.6 is 0 Å². The summed E-state index contributed by atoms with van der Waals surface area (Å²) in [6.07, 6.45) is 0. The Labute approximate surface area is 153 Å². The highest BCUT2D eigenvalue weighted by atomic mass is 19.1. The number of aromatic amines is 1. The van der Waals surface area contributed by atoms with Crippen molar-refractivity contribution in [3.63, 3.8) is 0 Å². The minimum absolute atomic E-state index is 0.323. The van der Waals surface area contributed by atoms with Crippen molar-refractivity contribution in [2.75, 3.05) is 5.32 Å². The zero-order valence-corrected chi connectivity index (χ0v) is 14.7. The maximum Gasteiger partial charge on any atom is 0.417 e. The maximum absolute atomic E-state index is 14.2. The number of benzene rings is 2. The summed E-state index contributed by atoms with van der Waals surface area (Å²) >= 11 is 0. The van der Waals surface area contributed by atoms with Crippen LogP contribution in [0.1, 0.15) is 21.7 Å². The number of carbonyl (C=O) groups excluding carboxylic acids is 1. The molecular formula is C20H16FN3O3. The van der Waals surface area contributed by atoms with Crippen molar-refractivity contribution in [3.8, 4) is 5.69 Å². The van der Waals surface area contributed by atoms with E-state index >= 15 is 0 Å². The van der Waals surface area contributed by atoms with E-state index in [9.17, 15) is 14.0 Å². The maximum atomic E-state index is 14.2. The van der Waals surface area contributed by atoms with Gasteiger partial charge in [0.2, 0.25) is 0 Å². The molecule has 0 unspecified atom stereocenters. The number of oxazole rings is 1. The largest absolute Gasteiger partial charge is 0.417 e. The third-order valence-electron chi connectivity index (χ3n) is 4.45. The first-order valence-corrected chi connectivity index (χ1v) is 8.32. The molecule has 2 heterocycles. The average Bonchev–Trinajstić information content (AvgIpc) is 3.14. The predicted octanol–water partition coefficient (Wildman–Crippen LogP) is 3.92. The smallest absolute Gasteiger partial charge is 0.408 e. The van der Waals surface area contributed by atoms with Gasteiger partial charge in [-0.05, 0) is 50.2 Å². The molecule has 0 aliphatic heterocycles. The minimum Gasteiger partial charge on any atom is -0.408 e. The second-order valence-electron chi connectivity index (χ2n) is 6.25. The van der Waals surface area contributed by atoms with Crippen LogP contribution in [0.5, 0.6) is 0 Å². The van der Waals surface area contributed by atoms with E-state index in [2.05, 4.69) is 10.3 Å². The van der Waals surface area contributed by atoms with Gasteiger partial charge in [-0.3, -0.25) is 9.78 Å². The second-order valence-corrected chi connectivity index (χ2v) is 6.25. The highest BCUT2D eigenvalue weighted by Gasteiger charge is 2.18. The monoisotopic (exact) mass is 365 g/mol. The summed E-state index contributed by atoms with van der Waals surface area (Å²) in [5.41, 5.74) is 3.64. The number of amides is 1. The first-order chi connectivity index (χ1) is 12.9. The molecule has 136 valence electrons. The van der Waals surface area contributed by atoms with E-state index in [1.165, 1.54) is 6.07 Å². The number of anilines is 1. The summed E-state index contributed by atoms with van der Waals surface area (Å²) in [6.45, 7) is 3.59. The van der Waals surface area contributed by atoms with Crippen LogP contribution in [0.25, 0.3) is 16.8 Å². The summed E-state index contributed by atoms with van der Waals surface area (Å²) in [4.78, 5) is 26.5. The van der Waals surface area contributed by atoms with E-state index in [1.807, 2.05) is 6.92 Å². The van der Waals surface area contributed by atoms with Crippen LogP contribution in [0, 0.1) is 19.7 Å². The molecule has 7 heteroatoms. The molecule has 1 amide bonds. The number of nitrogens with one attached hydrogen (secondary N) is 2. The van der Waals surface area contributed by atoms with E-state index < -0.39 is 5.76 Å². The standard InChI is InChI=1S/C20H16FN3O3/c1-11-9-14(12(2)24(11)17-6-4-3-5-15(17)21)19(25)22-13-7-8-18-16(10-13)23-20(26)27-18/h3-10H,1-2H3,(H,22,25)(H,23,26). The number of para-hydroxylation sites is 1. The fraction of sp³-hybridized carbons (Fsp3) is 0.100. The van der Waals surface area contributed by atoms with Gasteiger partial charge in [0.1, 0.15) is 5.82 Å². The van der Waals surface area contributed by atoms with Gasteiger partial charge in [0.15, 0.2) is 5.58 Å². The molecule has 4 aromatic rings. The van der Waals surface area contributed by atoms with Gasteiger partial charge in [-0.15, -0.1) is 0 Å². The summed E-state index contributed by atoms with van der Waals surface area (Å²) in [5.74, 6) is -1.24. The highest BCUT2D eigenvalue weighted by molar-refractivity contribution is 6.06. The highest BCUT2D eigenvalue weighted by Crippen LogP contribution is 2.24. The van der Waals surface area contributed by atoms with Crippen molar-refractivity contribution < 1.29 is 13.6 Å². The molecular weight excluding hydrogens is 349 g/mol. The van der Waals surface area contributed by atoms with E-state index in [-0.39, 0.29) is 11.7 Å². The normalized spacial score (nSPS) is 11.1. The number of fused-ring (bicyclic) bond motifs is 1. The van der Waals surface area contributed by atoms with Gasteiger partial charge in [-0.1, -0.05) is 12.1 Å². The van der Waals surface area contributed by atoms with Crippen molar-refractivity contribution >= 4 is 22.7 Å². The molecule has 0 radical (unpaired) electrons. The summed E-state index contributed by atoms with van der Waals surface area (Å²) < 4.78 is 20.8. The molecule has 6 nitrogen and oxygen atoms in total. The molecule has 2 aromatic carbocycles. The number of halogens is 1. The molecule has 0 atom stereocenters. The number of hydrogen-bond donors (Lipinski definition) is 2. The molecule has 27 heavy (non-hydrogen) atoms. The SMILES string of the molecule is Cc1cc(C(=O)Nc2ccc3oc(=O)[nH]c3c2)c(C)n1-c1ccccc1F. The lowest BCUT2D eigenvalue weighted by Gasteiger charge is -2.11. The van der Waals surface area contributed by atoms with Crippen LogP contribution in [0.2, 0.25) is 0 Å². The van der Waals surface area contributed by atoms with E-state index in [1.54, 1.807) is 54.0 Å². The molecule has 2 aromatic heterocycles. The molecule has 0 bridgehead atoms. The number of nitrogens with zero attached hydrogens (tertiary/aromatic N) is 1. The molecule has 0 saturated carbocycles. The quantitative estimate of drug-likeness (QED) is 0.577. The van der Waals surface area contributed by atoms with Crippen molar-refractivity contribution in [1.82, 2.24) is 9.55 Å². The molecule has 0 saturated heterocycles. The Bertz CT molecular complexity index is 1230. The lowest BCUT2D eigenvalue weighted by Crippen LogP contribution is -2.13. The molecule has 0 aliphatic carbocycles. The summed E-state index contributed by atoms with van der Waals surface area (Å²) in [6, 6.07) is 13.0. The van der Waals surface area contributed by atoms with Crippen LogP contribution in [-0.2, 0) is 0 Å². The van der Waals surface area contributed by atoms with Gasteiger partial charge in [-0.25, -0.2) is 9.18 Å². The Balaban J connectivity index is 1.68. The Kier molecular flexibility index (Phi) is 3.92. The van der Waals surface area contributed by atoms with E-state index in [0.717, 1.165) is 5.69 Å². The number of carbonyl (C=O) groups is 1. The fourth-order valence-electron chi connectivity index (χ4n) is 3.22. The first-order valence-electron chi connectivity index (χ1n) is 8.32. The third kappa shape index (κ3) is 2.93. The Morgan fingerprint density at radius 1 is 1.15 bits per heavy atom. The van der Waals surface area contributed by atoms with Gasteiger partial charge in [0, 0.05) is 17.1 Å². The average molecular weight is 365 g/mol. The van der Waals surface area contributed by atoms with Gasteiger partial charge >= 0.3 is 5.76 Å². The number of rotatable bonds is 3. The van der Waals surface area contributed by atoms with Crippen LogP contribution in [0.15, 0.2) is 57.7 Å². The number of aryl methyl sites for hydroxylation is 1. The molecule has 0 aliphatic rings. The zero-order chi connectivity index (χ0) is 19.1. The predicted molar refractivity (Wildman–Crippen MR) is 100.0 cm³/mol. The van der Waals surface area contributed by atoms with Crippen molar-refractivity contribution in [1.29, 1.82) is 0 Å². The Morgan fingerprint density at radius 3 is 2.70 bits per heavy atom. The number of aromatic nitrogens is 2. The lowest BCUT2D eigenvalue weighted by atomic mass is 10.2. The number of hydrogen-bond acceptors (Lipinski definition) is 3. The molecule has 2 N–H and O–H groups in total. The van der Waals surface area contributed by atoms with Crippen LogP contribution in [0.4, 0.5) is 10.1 Å². The van der Waals surface area contributed by atoms with Gasteiger partial charge in [0.25, 0.3) is 5.91 Å². The van der Waals surface area contributed by atoms with Gasteiger partial charge in [0.05, 0.1) is 16.8 Å². The van der Waals surface area contributed by atoms with Gasteiger partial charge < -0.3 is 14.3 Å². The Morgan fingerprint density at radius 2 is 1.93 bits per heavy atom. The minimum atomic E-state index is -0.554. The van der Waals surface area contributed by atoms with Crippen LogP contribution < -0.4 is 11.1 Å². The third-order valence-corrected chi connectivity index (χ3v) is 4.45. The summed E-state index contributed by atoms with van der Waals surface area (Å²) in [5, 5.41) is 2.80. The zero-order valence-electron chi connectivity index (χ0n) is 14.7. The van der Waals surface area contributed by atoms with Crippen molar-refractivity contribution in [3.05, 3.63) is 81.9 Å². The van der Waals surface area contributed by atoms with Gasteiger partial charge in [-0.2, -0.15) is 0 Å². The second kappa shape index (κ2) is 6.28. The molecule has 4 rings (SSSR count). The Hall–Kier alpha value is -3.61. The van der Waals surface area contributed by atoms with E-state index in [0.29, 0.717) is 33.7 Å². The fourth-order valence-corrected chi connectivity index (χ4v) is 3.22. The number of H-pyrrole nitrogens is 1. The molecule has 0 fully saturated rings. The van der Waals surface area contributed by atoms with Crippen molar-refractivity contribution in [2.24, 2.45) is 0 Å². The lowest BCUT2D eigenvalue weighted by molar-refractivity contribution is 0.102. The topological polar surface area (TPSA) is 80.0 Å². The van der Waals surface area contributed by atoms with Crippen LogP contribution in [0.3, 0.4) is 0 Å². The van der Waals surface area contributed by atoms with Crippen molar-refractivity contribution in [2.45, 2.75) is 13.8 Å². The first kappa shape index (κ1) is 16.8. The molecule has 0 spiro atoms.